The molecule has 1 aliphatic rings. The summed E-state index contributed by atoms with van der Waals surface area (Å²) in [5.41, 5.74) is 3.29. The molecule has 2 heterocycles. The number of carbonyl (C=O) groups is 1. The number of aromatic nitrogens is 1. The molecule has 0 atom stereocenters. The molecule has 0 saturated carbocycles. The van der Waals surface area contributed by atoms with Crippen LogP contribution in [0.3, 0.4) is 0 Å². The van der Waals surface area contributed by atoms with Crippen molar-refractivity contribution in [2.24, 2.45) is 0 Å². The maximum absolute atomic E-state index is 12.4. The van der Waals surface area contributed by atoms with Crippen LogP contribution in [0.25, 0.3) is 10.8 Å². The number of rotatable bonds is 3. The van der Waals surface area contributed by atoms with Gasteiger partial charge in [0.2, 0.25) is 5.91 Å². The molecule has 3 aromatic rings. The average Bonchev–Trinajstić information content (AvgIpc) is 2.97. The molecular weight excluding hydrogens is 303 g/mol. The summed E-state index contributed by atoms with van der Waals surface area (Å²) < 4.78 is 5.23. The standard InChI is InChI=1S/C18H15BN2O3/c22-18(9-13-2-1-3-17-16(13)11-24-19(17)23)21-15-5-4-14-10-20-7-6-12(14)8-15/h1-8,10,23H,9,11H2,(H,21,22). The fraction of sp³-hybridized carbons (Fsp3) is 0.111. The van der Waals surface area contributed by atoms with E-state index in [1.165, 1.54) is 0 Å². The highest BCUT2D eigenvalue weighted by molar-refractivity contribution is 6.61. The SMILES string of the molecule is O=C(Cc1cccc2c1COB2O)Nc1ccc2cnccc2c1. The van der Waals surface area contributed by atoms with Crippen molar-refractivity contribution in [1.29, 1.82) is 0 Å². The van der Waals surface area contributed by atoms with Crippen molar-refractivity contribution in [2.75, 3.05) is 5.32 Å². The Kier molecular flexibility index (Phi) is 3.76. The molecule has 2 N–H and O–H groups in total. The molecule has 1 amide bonds. The van der Waals surface area contributed by atoms with Gasteiger partial charge in [-0.15, -0.1) is 0 Å². The zero-order valence-corrected chi connectivity index (χ0v) is 12.9. The highest BCUT2D eigenvalue weighted by Gasteiger charge is 2.29. The van der Waals surface area contributed by atoms with E-state index in [2.05, 4.69) is 10.3 Å². The van der Waals surface area contributed by atoms with Gasteiger partial charge in [-0.1, -0.05) is 24.3 Å². The van der Waals surface area contributed by atoms with Crippen LogP contribution in [-0.4, -0.2) is 23.0 Å². The third kappa shape index (κ3) is 2.77. The number of carbonyl (C=O) groups excluding carboxylic acids is 1. The van der Waals surface area contributed by atoms with Crippen molar-refractivity contribution in [3.63, 3.8) is 0 Å². The number of amides is 1. The van der Waals surface area contributed by atoms with Crippen LogP contribution in [0.15, 0.2) is 54.9 Å². The van der Waals surface area contributed by atoms with Crippen LogP contribution in [0.5, 0.6) is 0 Å². The Morgan fingerprint density at radius 3 is 3.08 bits per heavy atom. The topological polar surface area (TPSA) is 71.5 Å². The van der Waals surface area contributed by atoms with Crippen molar-refractivity contribution in [3.8, 4) is 0 Å². The first kappa shape index (κ1) is 14.9. The van der Waals surface area contributed by atoms with Gasteiger partial charge in [-0.3, -0.25) is 9.78 Å². The van der Waals surface area contributed by atoms with E-state index < -0.39 is 7.12 Å². The van der Waals surface area contributed by atoms with E-state index in [1.807, 2.05) is 42.5 Å². The minimum atomic E-state index is -0.892. The van der Waals surface area contributed by atoms with Crippen LogP contribution >= 0.6 is 0 Å². The van der Waals surface area contributed by atoms with E-state index in [0.717, 1.165) is 33.0 Å². The maximum Gasteiger partial charge on any atom is 0.491 e. The highest BCUT2D eigenvalue weighted by Crippen LogP contribution is 2.19. The molecule has 4 rings (SSSR count). The summed E-state index contributed by atoms with van der Waals surface area (Å²) in [5.74, 6) is -0.0989. The number of anilines is 1. The molecular formula is C18H15BN2O3. The third-order valence-corrected chi connectivity index (χ3v) is 4.24. The Bertz CT molecular complexity index is 929. The first-order valence-electron chi connectivity index (χ1n) is 7.75. The van der Waals surface area contributed by atoms with Gasteiger partial charge in [0.05, 0.1) is 13.0 Å². The summed E-state index contributed by atoms with van der Waals surface area (Å²) in [7, 11) is -0.892. The van der Waals surface area contributed by atoms with Gasteiger partial charge in [-0.25, -0.2) is 0 Å². The minimum absolute atomic E-state index is 0.0989. The summed E-state index contributed by atoms with van der Waals surface area (Å²) in [6.07, 6.45) is 3.76. The molecule has 0 saturated heterocycles. The molecule has 2 aromatic carbocycles. The van der Waals surface area contributed by atoms with Crippen molar-refractivity contribution in [2.45, 2.75) is 13.0 Å². The van der Waals surface area contributed by atoms with E-state index in [1.54, 1.807) is 12.4 Å². The number of nitrogens with zero attached hydrogens (tertiary/aromatic N) is 1. The second kappa shape index (κ2) is 6.07. The fourth-order valence-corrected chi connectivity index (χ4v) is 3.02. The quantitative estimate of drug-likeness (QED) is 0.720. The zero-order valence-electron chi connectivity index (χ0n) is 12.9. The summed E-state index contributed by atoms with van der Waals surface area (Å²) in [5, 5.41) is 14.7. The van der Waals surface area contributed by atoms with E-state index in [4.69, 9.17) is 4.65 Å². The van der Waals surface area contributed by atoms with E-state index >= 15 is 0 Å². The Balaban J connectivity index is 1.52. The molecule has 5 nitrogen and oxygen atoms in total. The Hall–Kier alpha value is -2.70. The van der Waals surface area contributed by atoms with Crippen LogP contribution in [0.2, 0.25) is 0 Å². The fourth-order valence-electron chi connectivity index (χ4n) is 3.02. The van der Waals surface area contributed by atoms with Crippen LogP contribution in [-0.2, 0) is 22.5 Å². The Labute approximate surface area is 139 Å². The predicted octanol–water partition coefficient (Wildman–Crippen LogP) is 1.63. The van der Waals surface area contributed by atoms with Crippen LogP contribution < -0.4 is 10.8 Å². The van der Waals surface area contributed by atoms with Crippen molar-refractivity contribution < 1.29 is 14.5 Å². The number of fused-ring (bicyclic) bond motifs is 2. The zero-order chi connectivity index (χ0) is 16.5. The summed E-state index contributed by atoms with van der Waals surface area (Å²) in [6, 6.07) is 13.2. The molecule has 0 spiro atoms. The highest BCUT2D eigenvalue weighted by atomic mass is 16.5. The molecule has 0 bridgehead atoms. The van der Waals surface area contributed by atoms with E-state index in [-0.39, 0.29) is 12.3 Å². The molecule has 1 aromatic heterocycles. The molecule has 6 heteroatoms. The lowest BCUT2D eigenvalue weighted by molar-refractivity contribution is -0.115. The Morgan fingerprint density at radius 1 is 1.25 bits per heavy atom. The normalized spacial score (nSPS) is 13.1. The molecule has 0 unspecified atom stereocenters. The number of hydrogen-bond acceptors (Lipinski definition) is 4. The first-order chi connectivity index (χ1) is 11.7. The lowest BCUT2D eigenvalue weighted by Gasteiger charge is -2.09. The molecule has 1 aliphatic heterocycles. The molecule has 24 heavy (non-hydrogen) atoms. The van der Waals surface area contributed by atoms with Crippen LogP contribution in [0.1, 0.15) is 11.1 Å². The Morgan fingerprint density at radius 2 is 2.17 bits per heavy atom. The second-order valence-corrected chi connectivity index (χ2v) is 5.81. The smallest absolute Gasteiger partial charge is 0.423 e. The number of benzene rings is 2. The summed E-state index contributed by atoms with van der Waals surface area (Å²) >= 11 is 0. The minimum Gasteiger partial charge on any atom is -0.423 e. The van der Waals surface area contributed by atoms with Crippen LogP contribution in [0, 0.1) is 0 Å². The number of pyridine rings is 1. The van der Waals surface area contributed by atoms with Gasteiger partial charge in [-0.2, -0.15) is 0 Å². The predicted molar refractivity (Wildman–Crippen MR) is 92.9 cm³/mol. The summed E-state index contributed by atoms with van der Waals surface area (Å²) in [4.78, 5) is 16.5. The van der Waals surface area contributed by atoms with Crippen molar-refractivity contribution >= 4 is 34.9 Å². The number of hydrogen-bond donors (Lipinski definition) is 2. The van der Waals surface area contributed by atoms with Crippen molar-refractivity contribution in [3.05, 3.63) is 66.0 Å². The molecule has 0 aliphatic carbocycles. The monoisotopic (exact) mass is 318 g/mol. The lowest BCUT2D eigenvalue weighted by atomic mass is 9.78. The number of nitrogens with one attached hydrogen (secondary N) is 1. The van der Waals surface area contributed by atoms with Gasteiger partial charge in [0, 0.05) is 23.5 Å². The average molecular weight is 318 g/mol. The summed E-state index contributed by atoms with van der Waals surface area (Å²) in [6.45, 7) is 0.336. The largest absolute Gasteiger partial charge is 0.491 e. The molecule has 0 fully saturated rings. The van der Waals surface area contributed by atoms with E-state index in [9.17, 15) is 9.82 Å². The van der Waals surface area contributed by atoms with Gasteiger partial charge >= 0.3 is 7.12 Å². The second-order valence-electron chi connectivity index (χ2n) is 5.81. The van der Waals surface area contributed by atoms with Crippen molar-refractivity contribution in [1.82, 2.24) is 4.98 Å². The third-order valence-electron chi connectivity index (χ3n) is 4.24. The van der Waals surface area contributed by atoms with Gasteiger partial charge in [0.25, 0.3) is 0 Å². The van der Waals surface area contributed by atoms with Gasteiger partial charge < -0.3 is 15.0 Å². The van der Waals surface area contributed by atoms with Gasteiger partial charge in [-0.05, 0) is 40.2 Å². The van der Waals surface area contributed by atoms with E-state index in [0.29, 0.717) is 6.61 Å². The maximum atomic E-state index is 12.4. The van der Waals surface area contributed by atoms with Gasteiger partial charge in [0.15, 0.2) is 0 Å². The lowest BCUT2D eigenvalue weighted by Crippen LogP contribution is -2.28. The van der Waals surface area contributed by atoms with Crippen LogP contribution in [0.4, 0.5) is 5.69 Å². The first-order valence-corrected chi connectivity index (χ1v) is 7.75. The molecule has 118 valence electrons. The van der Waals surface area contributed by atoms with Gasteiger partial charge in [0.1, 0.15) is 0 Å². The molecule has 0 radical (unpaired) electrons.